The molecule has 20 heavy (non-hydrogen) atoms. The molecule has 5 nitrogen and oxygen atoms in total. The van der Waals surface area contributed by atoms with Crippen molar-refractivity contribution in [1.29, 1.82) is 0 Å². The Morgan fingerprint density at radius 2 is 2.05 bits per heavy atom. The SMILES string of the molecule is Ic1ccc(/C=N/N=C2/CC(c3ccccc3)N=N2)o1. The van der Waals surface area contributed by atoms with Gasteiger partial charge in [-0.2, -0.15) is 10.2 Å². The molecule has 6 heteroatoms. The van der Waals surface area contributed by atoms with Crippen molar-refractivity contribution in [3.05, 3.63) is 57.6 Å². The molecule has 2 aromatic rings. The van der Waals surface area contributed by atoms with Crippen LogP contribution in [0, 0.1) is 3.77 Å². The topological polar surface area (TPSA) is 62.6 Å². The standard InChI is InChI=1S/C14H11IN4O/c15-13-7-6-11(20-13)9-16-18-14-8-12(17-19-14)10-4-2-1-3-5-10/h1-7,9,12H,8H2/b16-9+,18-14-. The highest BCUT2D eigenvalue weighted by molar-refractivity contribution is 14.1. The van der Waals surface area contributed by atoms with Crippen LogP contribution in [0.2, 0.25) is 0 Å². The van der Waals surface area contributed by atoms with Crippen LogP contribution in [0.5, 0.6) is 0 Å². The van der Waals surface area contributed by atoms with Gasteiger partial charge in [0.1, 0.15) is 11.8 Å². The van der Waals surface area contributed by atoms with E-state index < -0.39 is 0 Å². The molecule has 1 aromatic carbocycles. The first-order valence-electron chi connectivity index (χ1n) is 6.12. The van der Waals surface area contributed by atoms with Crippen molar-refractivity contribution in [3.63, 3.8) is 0 Å². The van der Waals surface area contributed by atoms with Crippen LogP contribution < -0.4 is 0 Å². The maximum atomic E-state index is 5.35. The van der Waals surface area contributed by atoms with E-state index in [4.69, 9.17) is 4.42 Å². The first kappa shape index (κ1) is 13.2. The largest absolute Gasteiger partial charge is 0.449 e. The lowest BCUT2D eigenvalue weighted by atomic mass is 10.1. The number of benzene rings is 1. The van der Waals surface area contributed by atoms with Crippen LogP contribution in [0.3, 0.4) is 0 Å². The zero-order valence-corrected chi connectivity index (χ0v) is 12.6. The van der Waals surface area contributed by atoms with Gasteiger partial charge in [-0.15, -0.1) is 10.2 Å². The number of amidine groups is 1. The predicted molar refractivity (Wildman–Crippen MR) is 85.1 cm³/mol. The first-order valence-corrected chi connectivity index (χ1v) is 7.20. The number of halogens is 1. The number of rotatable bonds is 3. The second-order valence-corrected chi connectivity index (χ2v) is 5.31. The van der Waals surface area contributed by atoms with Crippen LogP contribution in [0.25, 0.3) is 0 Å². The molecular formula is C14H11IN4O. The van der Waals surface area contributed by atoms with Crippen molar-refractivity contribution in [1.82, 2.24) is 0 Å². The first-order chi connectivity index (χ1) is 9.81. The molecule has 3 rings (SSSR count). The molecule has 0 radical (unpaired) electrons. The van der Waals surface area contributed by atoms with Crippen LogP contribution in [-0.4, -0.2) is 12.1 Å². The highest BCUT2D eigenvalue weighted by atomic mass is 127. The Morgan fingerprint density at radius 1 is 1.20 bits per heavy atom. The molecule has 1 aromatic heterocycles. The highest BCUT2D eigenvalue weighted by Crippen LogP contribution is 2.27. The molecule has 0 fully saturated rings. The Kier molecular flexibility index (Phi) is 4.00. The molecule has 2 heterocycles. The Morgan fingerprint density at radius 3 is 2.80 bits per heavy atom. The summed E-state index contributed by atoms with van der Waals surface area (Å²) in [5.41, 5.74) is 1.14. The lowest BCUT2D eigenvalue weighted by molar-refractivity contribution is 0.531. The average molecular weight is 378 g/mol. The second-order valence-electron chi connectivity index (χ2n) is 4.25. The molecule has 1 atom stereocenters. The van der Waals surface area contributed by atoms with Crippen LogP contribution in [0.15, 0.2) is 67.3 Å². The maximum absolute atomic E-state index is 5.35. The second kappa shape index (κ2) is 6.08. The van der Waals surface area contributed by atoms with E-state index in [1.165, 1.54) is 0 Å². The van der Waals surface area contributed by atoms with Crippen molar-refractivity contribution in [2.24, 2.45) is 20.4 Å². The smallest absolute Gasteiger partial charge is 0.175 e. The van der Waals surface area contributed by atoms with E-state index in [0.717, 1.165) is 9.33 Å². The lowest BCUT2D eigenvalue weighted by Crippen LogP contribution is -1.95. The van der Waals surface area contributed by atoms with Gasteiger partial charge in [-0.1, -0.05) is 30.3 Å². The molecule has 0 aliphatic carbocycles. The Balaban J connectivity index is 1.64. The van der Waals surface area contributed by atoms with Gasteiger partial charge in [0.15, 0.2) is 9.60 Å². The van der Waals surface area contributed by atoms with Crippen LogP contribution in [-0.2, 0) is 0 Å². The lowest BCUT2D eigenvalue weighted by Gasteiger charge is -2.02. The third-order valence-electron chi connectivity index (χ3n) is 2.82. The van der Waals surface area contributed by atoms with Crippen molar-refractivity contribution >= 4 is 34.6 Å². The minimum atomic E-state index is 0.0507. The van der Waals surface area contributed by atoms with Gasteiger partial charge in [0.25, 0.3) is 0 Å². The fourth-order valence-electron chi connectivity index (χ4n) is 1.86. The van der Waals surface area contributed by atoms with E-state index in [9.17, 15) is 0 Å². The summed E-state index contributed by atoms with van der Waals surface area (Å²) < 4.78 is 6.17. The van der Waals surface area contributed by atoms with Crippen LogP contribution in [0.1, 0.15) is 23.8 Å². The van der Waals surface area contributed by atoms with Crippen LogP contribution >= 0.6 is 22.6 Å². The molecule has 0 saturated carbocycles. The minimum absolute atomic E-state index is 0.0507. The number of hydrogen-bond acceptors (Lipinski definition) is 4. The predicted octanol–water partition coefficient (Wildman–Crippen LogP) is 4.21. The summed E-state index contributed by atoms with van der Waals surface area (Å²) in [6, 6.07) is 13.8. The Bertz CT molecular complexity index is 675. The van der Waals surface area contributed by atoms with E-state index in [1.807, 2.05) is 42.5 Å². The fraction of sp³-hybridized carbons (Fsp3) is 0.143. The van der Waals surface area contributed by atoms with Gasteiger partial charge in [-0.3, -0.25) is 0 Å². The van der Waals surface area contributed by atoms with Gasteiger partial charge < -0.3 is 4.42 Å². The summed E-state index contributed by atoms with van der Waals surface area (Å²) in [4.78, 5) is 0. The van der Waals surface area contributed by atoms with E-state index in [1.54, 1.807) is 6.21 Å². The van der Waals surface area contributed by atoms with Gasteiger partial charge in [0.2, 0.25) is 0 Å². The summed E-state index contributed by atoms with van der Waals surface area (Å²) in [6.45, 7) is 0. The van der Waals surface area contributed by atoms with Gasteiger partial charge in [0, 0.05) is 6.42 Å². The molecule has 1 aliphatic rings. The van der Waals surface area contributed by atoms with Crippen LogP contribution in [0.4, 0.5) is 0 Å². The molecule has 1 unspecified atom stereocenters. The highest BCUT2D eigenvalue weighted by Gasteiger charge is 2.19. The number of hydrogen-bond donors (Lipinski definition) is 0. The third-order valence-corrected chi connectivity index (χ3v) is 3.40. The molecule has 100 valence electrons. The summed E-state index contributed by atoms with van der Waals surface area (Å²) >= 11 is 2.10. The monoisotopic (exact) mass is 378 g/mol. The van der Waals surface area contributed by atoms with Crippen molar-refractivity contribution in [2.75, 3.05) is 0 Å². The molecule has 0 bridgehead atoms. The van der Waals surface area contributed by atoms with Crippen molar-refractivity contribution in [3.8, 4) is 0 Å². The van der Waals surface area contributed by atoms with Crippen molar-refractivity contribution < 1.29 is 4.42 Å². The zero-order valence-electron chi connectivity index (χ0n) is 10.5. The van der Waals surface area contributed by atoms with Gasteiger partial charge in [-0.25, -0.2) is 0 Å². The quantitative estimate of drug-likeness (QED) is 0.448. The number of furan rings is 1. The third kappa shape index (κ3) is 3.19. The Hall–Kier alpha value is -1.83. The fourth-order valence-corrected chi connectivity index (χ4v) is 2.30. The average Bonchev–Trinajstić information content (AvgIpc) is 3.09. The summed E-state index contributed by atoms with van der Waals surface area (Å²) in [5.74, 6) is 1.31. The van der Waals surface area contributed by atoms with E-state index in [2.05, 4.69) is 43.0 Å². The summed E-state index contributed by atoms with van der Waals surface area (Å²) in [5, 5.41) is 16.3. The van der Waals surface area contributed by atoms with Crippen molar-refractivity contribution in [2.45, 2.75) is 12.5 Å². The molecule has 0 spiro atoms. The number of nitrogens with zero attached hydrogens (tertiary/aromatic N) is 4. The van der Waals surface area contributed by atoms with Gasteiger partial charge in [0.05, 0.1) is 6.21 Å². The van der Waals surface area contributed by atoms with E-state index in [0.29, 0.717) is 18.0 Å². The minimum Gasteiger partial charge on any atom is -0.449 e. The molecular weight excluding hydrogens is 367 g/mol. The molecule has 1 aliphatic heterocycles. The molecule has 0 N–H and O–H groups in total. The maximum Gasteiger partial charge on any atom is 0.175 e. The van der Waals surface area contributed by atoms with Gasteiger partial charge >= 0.3 is 0 Å². The zero-order chi connectivity index (χ0) is 13.8. The summed E-state index contributed by atoms with van der Waals surface area (Å²) in [6.07, 6.45) is 2.25. The number of azo groups is 1. The molecule has 0 saturated heterocycles. The normalized spacial score (nSPS) is 20.2. The molecule has 0 amide bonds. The Labute approximate surface area is 129 Å². The van der Waals surface area contributed by atoms with Gasteiger partial charge in [-0.05, 0) is 40.3 Å². The van der Waals surface area contributed by atoms with E-state index >= 15 is 0 Å². The van der Waals surface area contributed by atoms with E-state index in [-0.39, 0.29) is 6.04 Å². The summed E-state index contributed by atoms with van der Waals surface area (Å²) in [7, 11) is 0.